The topological polar surface area (TPSA) is 55.1 Å². The van der Waals surface area contributed by atoms with Gasteiger partial charge in [-0.3, -0.25) is 4.79 Å². The van der Waals surface area contributed by atoms with E-state index in [9.17, 15) is 4.79 Å². The molecule has 0 saturated heterocycles. The van der Waals surface area contributed by atoms with Gasteiger partial charge in [-0.1, -0.05) is 32.6 Å². The predicted octanol–water partition coefficient (Wildman–Crippen LogP) is 3.32. The van der Waals surface area contributed by atoms with Gasteiger partial charge in [0.15, 0.2) is 0 Å². The van der Waals surface area contributed by atoms with Gasteiger partial charge in [-0.25, -0.2) is 0 Å². The Morgan fingerprint density at radius 3 is 2.45 bits per heavy atom. The van der Waals surface area contributed by atoms with Crippen molar-refractivity contribution >= 4 is 17.7 Å². The van der Waals surface area contributed by atoms with E-state index in [1.807, 2.05) is 25.6 Å². The van der Waals surface area contributed by atoms with Gasteiger partial charge in [-0.15, -0.1) is 0 Å². The van der Waals surface area contributed by atoms with Gasteiger partial charge in [0.05, 0.1) is 0 Å². The van der Waals surface area contributed by atoms with Crippen molar-refractivity contribution in [3.8, 4) is 0 Å². The number of nitrogens with two attached hydrogens (primary N) is 1. The molecular weight excluding hydrogens is 268 g/mol. The molecule has 1 amide bonds. The molecule has 1 saturated carbocycles. The van der Waals surface area contributed by atoms with Crippen molar-refractivity contribution in [3.63, 3.8) is 0 Å². The Bertz CT molecular complexity index is 288. The highest BCUT2D eigenvalue weighted by atomic mass is 32.2. The molecule has 0 spiro atoms. The molecule has 0 bridgehead atoms. The van der Waals surface area contributed by atoms with E-state index in [1.165, 1.54) is 32.1 Å². The van der Waals surface area contributed by atoms with E-state index in [4.69, 9.17) is 5.73 Å². The number of thioether (sulfide) groups is 1. The second-order valence-electron chi connectivity index (χ2n) is 6.47. The van der Waals surface area contributed by atoms with Crippen molar-refractivity contribution in [2.45, 2.75) is 76.0 Å². The van der Waals surface area contributed by atoms with Crippen molar-refractivity contribution in [2.75, 3.05) is 12.8 Å². The highest BCUT2D eigenvalue weighted by Gasteiger charge is 2.31. The maximum atomic E-state index is 12.2. The molecular formula is C16H32N2OS. The molecule has 3 nitrogen and oxygen atoms in total. The third-order valence-electron chi connectivity index (χ3n) is 4.53. The standard InChI is InChI=1S/C16H32N2OS/c1-13(8-7-9-14(2)17)15(19)18-12-16(20-3)10-5-4-6-11-16/h13-14H,4-12,17H2,1-3H3,(H,18,19). The number of carbonyl (C=O) groups is 1. The molecule has 1 rings (SSSR count). The van der Waals surface area contributed by atoms with Gasteiger partial charge >= 0.3 is 0 Å². The number of rotatable bonds is 8. The summed E-state index contributed by atoms with van der Waals surface area (Å²) in [6, 6.07) is 0.243. The van der Waals surface area contributed by atoms with Crippen molar-refractivity contribution < 1.29 is 4.79 Å². The Hall–Kier alpha value is -0.220. The van der Waals surface area contributed by atoms with E-state index in [0.717, 1.165) is 25.8 Å². The molecule has 1 fully saturated rings. The van der Waals surface area contributed by atoms with Crippen LogP contribution in [0.2, 0.25) is 0 Å². The highest BCUT2D eigenvalue weighted by Crippen LogP contribution is 2.38. The van der Waals surface area contributed by atoms with Crippen LogP contribution in [-0.2, 0) is 4.79 Å². The molecule has 0 aliphatic heterocycles. The van der Waals surface area contributed by atoms with Crippen LogP contribution in [0.3, 0.4) is 0 Å². The smallest absolute Gasteiger partial charge is 0.222 e. The van der Waals surface area contributed by atoms with Crippen molar-refractivity contribution in [2.24, 2.45) is 11.7 Å². The lowest BCUT2D eigenvalue weighted by atomic mass is 9.88. The van der Waals surface area contributed by atoms with E-state index in [0.29, 0.717) is 4.75 Å². The van der Waals surface area contributed by atoms with Crippen LogP contribution in [0.4, 0.5) is 0 Å². The fourth-order valence-corrected chi connectivity index (χ4v) is 3.86. The third kappa shape index (κ3) is 6.04. The predicted molar refractivity (Wildman–Crippen MR) is 89.0 cm³/mol. The monoisotopic (exact) mass is 300 g/mol. The van der Waals surface area contributed by atoms with Gasteiger partial charge in [0.1, 0.15) is 0 Å². The zero-order valence-electron chi connectivity index (χ0n) is 13.4. The van der Waals surface area contributed by atoms with E-state index < -0.39 is 0 Å². The quantitative estimate of drug-likeness (QED) is 0.723. The van der Waals surface area contributed by atoms with Crippen LogP contribution in [0.25, 0.3) is 0 Å². The molecule has 4 heteroatoms. The number of nitrogens with one attached hydrogen (secondary N) is 1. The van der Waals surface area contributed by atoms with E-state index in [-0.39, 0.29) is 17.9 Å². The van der Waals surface area contributed by atoms with Gasteiger partial charge < -0.3 is 11.1 Å². The zero-order valence-corrected chi connectivity index (χ0v) is 14.2. The van der Waals surface area contributed by atoms with Crippen LogP contribution in [0.15, 0.2) is 0 Å². The summed E-state index contributed by atoms with van der Waals surface area (Å²) in [5.74, 6) is 0.324. The minimum absolute atomic E-state index is 0.108. The van der Waals surface area contributed by atoms with Gasteiger partial charge in [0.2, 0.25) is 5.91 Å². The number of carbonyl (C=O) groups excluding carboxylic acids is 1. The molecule has 0 heterocycles. The first-order valence-corrected chi connectivity index (χ1v) is 9.30. The first kappa shape index (κ1) is 17.8. The molecule has 0 aromatic carbocycles. The number of amides is 1. The first-order valence-electron chi connectivity index (χ1n) is 8.07. The van der Waals surface area contributed by atoms with Crippen molar-refractivity contribution in [3.05, 3.63) is 0 Å². The molecule has 1 aliphatic carbocycles. The molecule has 0 radical (unpaired) electrons. The lowest BCUT2D eigenvalue weighted by molar-refractivity contribution is -0.124. The molecule has 20 heavy (non-hydrogen) atoms. The Morgan fingerprint density at radius 1 is 1.25 bits per heavy atom. The Labute approximate surface area is 128 Å². The Kier molecular flexibility index (Phi) is 7.96. The zero-order chi connectivity index (χ0) is 15.0. The van der Waals surface area contributed by atoms with Crippen LogP contribution in [0.5, 0.6) is 0 Å². The average molecular weight is 301 g/mol. The molecule has 2 unspecified atom stereocenters. The van der Waals surface area contributed by atoms with Crippen molar-refractivity contribution in [1.82, 2.24) is 5.32 Å². The Morgan fingerprint density at radius 2 is 1.90 bits per heavy atom. The lowest BCUT2D eigenvalue weighted by Gasteiger charge is -2.36. The normalized spacial score (nSPS) is 21.2. The number of hydrogen-bond acceptors (Lipinski definition) is 3. The van der Waals surface area contributed by atoms with Crippen molar-refractivity contribution in [1.29, 1.82) is 0 Å². The first-order chi connectivity index (χ1) is 9.49. The fraction of sp³-hybridized carbons (Fsp3) is 0.938. The molecule has 3 N–H and O–H groups in total. The van der Waals surface area contributed by atoms with Gasteiger partial charge in [0, 0.05) is 23.3 Å². The third-order valence-corrected chi connectivity index (χ3v) is 5.95. The largest absolute Gasteiger partial charge is 0.354 e. The van der Waals surface area contributed by atoms with Crippen LogP contribution < -0.4 is 11.1 Å². The second kappa shape index (κ2) is 8.93. The van der Waals surface area contributed by atoms with Crippen LogP contribution >= 0.6 is 11.8 Å². The molecule has 118 valence electrons. The molecule has 1 aliphatic rings. The molecule has 0 aromatic rings. The maximum absolute atomic E-state index is 12.2. The van der Waals surface area contributed by atoms with E-state index >= 15 is 0 Å². The summed E-state index contributed by atoms with van der Waals surface area (Å²) in [6.45, 7) is 4.89. The summed E-state index contributed by atoms with van der Waals surface area (Å²) in [5, 5.41) is 3.19. The van der Waals surface area contributed by atoms with Gasteiger partial charge in [0.25, 0.3) is 0 Å². The summed E-state index contributed by atoms with van der Waals surface area (Å²) < 4.78 is 0.291. The average Bonchev–Trinajstić information content (AvgIpc) is 2.45. The fourth-order valence-electron chi connectivity index (χ4n) is 2.95. The minimum atomic E-state index is 0.108. The van der Waals surface area contributed by atoms with Crippen LogP contribution in [-0.4, -0.2) is 29.5 Å². The second-order valence-corrected chi connectivity index (χ2v) is 7.75. The summed E-state index contributed by atoms with van der Waals surface area (Å²) in [7, 11) is 0. The Balaban J connectivity index is 2.30. The number of hydrogen-bond donors (Lipinski definition) is 2. The van der Waals surface area contributed by atoms with E-state index in [1.54, 1.807) is 0 Å². The summed E-state index contributed by atoms with van der Waals surface area (Å²) in [5.41, 5.74) is 5.74. The molecule has 0 aromatic heterocycles. The summed E-state index contributed by atoms with van der Waals surface area (Å²) in [4.78, 5) is 12.2. The van der Waals surface area contributed by atoms with E-state index in [2.05, 4.69) is 11.6 Å². The molecule has 2 atom stereocenters. The lowest BCUT2D eigenvalue weighted by Crippen LogP contribution is -2.43. The van der Waals surface area contributed by atoms with Gasteiger partial charge in [-0.2, -0.15) is 11.8 Å². The van der Waals surface area contributed by atoms with Gasteiger partial charge in [-0.05, 0) is 38.9 Å². The summed E-state index contributed by atoms with van der Waals surface area (Å²) in [6.07, 6.45) is 11.6. The minimum Gasteiger partial charge on any atom is -0.354 e. The maximum Gasteiger partial charge on any atom is 0.222 e. The highest BCUT2D eigenvalue weighted by molar-refractivity contribution is 8.00. The SMILES string of the molecule is CSC1(CNC(=O)C(C)CCCC(C)N)CCCCC1. The summed E-state index contributed by atoms with van der Waals surface area (Å²) >= 11 is 1.94. The van der Waals surface area contributed by atoms with Crippen LogP contribution in [0, 0.1) is 5.92 Å². The van der Waals surface area contributed by atoms with Crippen LogP contribution in [0.1, 0.15) is 65.2 Å².